The first kappa shape index (κ1) is 11.5. The minimum atomic E-state index is 0.145. The van der Waals surface area contributed by atoms with Crippen LogP contribution < -0.4 is 4.74 Å². The van der Waals surface area contributed by atoms with E-state index in [1.807, 2.05) is 11.0 Å². The van der Waals surface area contributed by atoms with Gasteiger partial charge in [0.15, 0.2) is 0 Å². The van der Waals surface area contributed by atoms with E-state index in [4.69, 9.17) is 9.47 Å². The number of carbonyl (C=O) groups excluding carboxylic acids is 1. The second-order valence-electron chi connectivity index (χ2n) is 4.89. The van der Waals surface area contributed by atoms with Crippen LogP contribution in [0.1, 0.15) is 18.1 Å². The van der Waals surface area contributed by atoms with Gasteiger partial charge in [0.05, 0.1) is 6.61 Å². The van der Waals surface area contributed by atoms with Gasteiger partial charge >= 0.3 is 0 Å². The van der Waals surface area contributed by atoms with Crippen molar-refractivity contribution in [2.24, 2.45) is 0 Å². The zero-order chi connectivity index (χ0) is 12.5. The van der Waals surface area contributed by atoms with Crippen LogP contribution in [0.15, 0.2) is 18.2 Å². The van der Waals surface area contributed by atoms with Crippen LogP contribution in [0, 0.1) is 0 Å². The topological polar surface area (TPSA) is 42.1 Å². The van der Waals surface area contributed by atoms with Crippen molar-refractivity contribution in [2.45, 2.75) is 26.0 Å². The Morgan fingerprint density at radius 1 is 1.50 bits per heavy atom. The van der Waals surface area contributed by atoms with Gasteiger partial charge in [-0.25, -0.2) is 0 Å². The smallest absolute Gasteiger partial charge is 0.219 e. The fourth-order valence-electron chi connectivity index (χ4n) is 2.24. The number of nitrogens with zero attached hydrogens (tertiary/aromatic N) is 1. The second-order valence-corrected chi connectivity index (χ2v) is 4.89. The number of amides is 1. The van der Waals surface area contributed by atoms with Gasteiger partial charge in [0.2, 0.25) is 5.91 Å². The van der Waals surface area contributed by atoms with Gasteiger partial charge in [-0.1, -0.05) is 6.07 Å². The predicted octanol–water partition coefficient (Wildman–Crippen LogP) is 1.37. The Labute approximate surface area is 106 Å². The van der Waals surface area contributed by atoms with E-state index >= 15 is 0 Å². The van der Waals surface area contributed by atoms with Crippen LogP contribution >= 0.6 is 0 Å². The van der Waals surface area contributed by atoms with Gasteiger partial charge in [-0.3, -0.25) is 4.79 Å². The van der Waals surface area contributed by atoms with E-state index in [1.54, 1.807) is 6.92 Å². The number of ether oxygens (including phenoxy) is 2. The molecule has 0 aromatic heterocycles. The van der Waals surface area contributed by atoms with Crippen LogP contribution in [0.4, 0.5) is 0 Å². The number of fused-ring (bicyclic) bond motifs is 1. The molecule has 2 heterocycles. The third-order valence-electron chi connectivity index (χ3n) is 3.47. The van der Waals surface area contributed by atoms with Gasteiger partial charge in [-0.15, -0.1) is 0 Å². The van der Waals surface area contributed by atoms with Crippen molar-refractivity contribution in [3.63, 3.8) is 0 Å². The van der Waals surface area contributed by atoms with Crippen molar-refractivity contribution in [2.75, 3.05) is 19.8 Å². The van der Waals surface area contributed by atoms with Gasteiger partial charge in [0.25, 0.3) is 0 Å². The summed E-state index contributed by atoms with van der Waals surface area (Å²) in [5.74, 6) is 1.05. The largest absolute Gasteiger partial charge is 0.491 e. The van der Waals surface area contributed by atoms with Crippen molar-refractivity contribution in [3.8, 4) is 5.75 Å². The first-order valence-electron chi connectivity index (χ1n) is 6.34. The summed E-state index contributed by atoms with van der Waals surface area (Å²) in [6.45, 7) is 4.60. The van der Waals surface area contributed by atoms with E-state index in [-0.39, 0.29) is 12.0 Å². The predicted molar refractivity (Wildman–Crippen MR) is 66.5 cm³/mol. The molecule has 2 aliphatic heterocycles. The number of rotatable bonds is 3. The summed E-state index contributed by atoms with van der Waals surface area (Å²) in [6.07, 6.45) is 1.20. The molecular weight excluding hydrogens is 230 g/mol. The number of benzene rings is 1. The van der Waals surface area contributed by atoms with Gasteiger partial charge in [-0.2, -0.15) is 0 Å². The van der Waals surface area contributed by atoms with Crippen LogP contribution in [0.5, 0.6) is 5.75 Å². The highest BCUT2D eigenvalue weighted by Gasteiger charge is 2.23. The molecule has 0 aliphatic carbocycles. The lowest BCUT2D eigenvalue weighted by molar-refractivity contribution is -0.129. The number of hydrogen-bond donors (Lipinski definition) is 0. The molecule has 2 aliphatic rings. The molecule has 1 aromatic rings. The van der Waals surface area contributed by atoms with Gasteiger partial charge in [0, 0.05) is 20.0 Å². The number of hydrogen-bond acceptors (Lipinski definition) is 3. The molecule has 4 nitrogen and oxygen atoms in total. The Bertz CT molecular complexity index is 468. The normalized spacial score (nSPS) is 21.4. The van der Waals surface area contributed by atoms with Crippen molar-refractivity contribution in [1.29, 1.82) is 0 Å². The summed E-state index contributed by atoms with van der Waals surface area (Å²) in [6, 6.07) is 6.13. The average Bonchev–Trinajstić information content (AvgIpc) is 3.19. The molecule has 18 heavy (non-hydrogen) atoms. The number of epoxide rings is 1. The maximum Gasteiger partial charge on any atom is 0.219 e. The van der Waals surface area contributed by atoms with E-state index in [0.29, 0.717) is 6.61 Å². The van der Waals surface area contributed by atoms with Gasteiger partial charge in [0.1, 0.15) is 18.5 Å². The summed E-state index contributed by atoms with van der Waals surface area (Å²) in [5, 5.41) is 0. The minimum Gasteiger partial charge on any atom is -0.491 e. The molecule has 1 unspecified atom stereocenters. The molecule has 1 saturated heterocycles. The molecule has 1 aromatic carbocycles. The third-order valence-corrected chi connectivity index (χ3v) is 3.47. The Morgan fingerprint density at radius 3 is 3.06 bits per heavy atom. The Balaban J connectivity index is 1.69. The summed E-state index contributed by atoms with van der Waals surface area (Å²) < 4.78 is 10.8. The van der Waals surface area contributed by atoms with E-state index in [9.17, 15) is 4.79 Å². The average molecular weight is 247 g/mol. The zero-order valence-corrected chi connectivity index (χ0v) is 10.5. The maximum absolute atomic E-state index is 11.3. The van der Waals surface area contributed by atoms with E-state index in [1.165, 1.54) is 11.1 Å². The summed E-state index contributed by atoms with van der Waals surface area (Å²) in [7, 11) is 0. The molecule has 4 heteroatoms. The molecule has 0 N–H and O–H groups in total. The first-order chi connectivity index (χ1) is 8.72. The van der Waals surface area contributed by atoms with E-state index < -0.39 is 0 Å². The highest BCUT2D eigenvalue weighted by atomic mass is 16.6. The van der Waals surface area contributed by atoms with Crippen molar-refractivity contribution >= 4 is 5.91 Å². The van der Waals surface area contributed by atoms with Crippen LogP contribution in [-0.4, -0.2) is 36.7 Å². The van der Waals surface area contributed by atoms with Crippen LogP contribution in [0.3, 0.4) is 0 Å². The molecule has 3 rings (SSSR count). The van der Waals surface area contributed by atoms with Crippen LogP contribution in [0.25, 0.3) is 0 Å². The molecule has 0 bridgehead atoms. The van der Waals surface area contributed by atoms with Crippen molar-refractivity contribution < 1.29 is 14.3 Å². The molecule has 0 spiro atoms. The molecule has 1 atom stereocenters. The van der Waals surface area contributed by atoms with Crippen LogP contribution in [-0.2, 0) is 22.5 Å². The van der Waals surface area contributed by atoms with Crippen LogP contribution in [0.2, 0.25) is 0 Å². The highest BCUT2D eigenvalue weighted by Crippen LogP contribution is 2.24. The SMILES string of the molecule is CC(=O)N1CCc2cc(OCC3CO3)ccc2C1. The molecule has 1 fully saturated rings. The maximum atomic E-state index is 11.3. The Hall–Kier alpha value is -1.55. The molecule has 0 saturated carbocycles. The van der Waals surface area contributed by atoms with Gasteiger partial charge in [-0.05, 0) is 29.7 Å². The highest BCUT2D eigenvalue weighted by molar-refractivity contribution is 5.73. The van der Waals surface area contributed by atoms with E-state index in [0.717, 1.165) is 31.9 Å². The van der Waals surface area contributed by atoms with Crippen molar-refractivity contribution in [1.82, 2.24) is 4.90 Å². The number of carbonyl (C=O) groups is 1. The first-order valence-corrected chi connectivity index (χ1v) is 6.34. The molecular formula is C14H17NO3. The zero-order valence-electron chi connectivity index (χ0n) is 10.5. The summed E-state index contributed by atoms with van der Waals surface area (Å²) >= 11 is 0. The quantitative estimate of drug-likeness (QED) is 0.758. The third kappa shape index (κ3) is 2.48. The lowest BCUT2D eigenvalue weighted by atomic mass is 9.99. The molecule has 0 radical (unpaired) electrons. The monoisotopic (exact) mass is 247 g/mol. The summed E-state index contributed by atoms with van der Waals surface area (Å²) in [4.78, 5) is 13.2. The van der Waals surface area contributed by atoms with E-state index in [2.05, 4.69) is 12.1 Å². The Morgan fingerprint density at radius 2 is 2.33 bits per heavy atom. The molecule has 96 valence electrons. The second kappa shape index (κ2) is 4.61. The Kier molecular flexibility index (Phi) is 2.96. The van der Waals surface area contributed by atoms with Crippen molar-refractivity contribution in [3.05, 3.63) is 29.3 Å². The fraction of sp³-hybridized carbons (Fsp3) is 0.500. The summed E-state index contributed by atoms with van der Waals surface area (Å²) in [5.41, 5.74) is 2.52. The molecule has 1 amide bonds. The van der Waals surface area contributed by atoms with Gasteiger partial charge < -0.3 is 14.4 Å². The lowest BCUT2D eigenvalue weighted by Crippen LogP contribution is -2.34. The standard InChI is InChI=1S/C14H17NO3/c1-10(16)15-5-4-11-6-13(3-2-12(11)7-15)17-8-14-9-18-14/h2-3,6,14H,4-5,7-9H2,1H3. The lowest BCUT2D eigenvalue weighted by Gasteiger charge is -2.28. The fourth-order valence-corrected chi connectivity index (χ4v) is 2.24. The minimum absolute atomic E-state index is 0.145.